The van der Waals surface area contributed by atoms with Gasteiger partial charge in [0, 0.05) is 12.0 Å². The number of aliphatic hydroxyl groups is 1. The molecule has 1 saturated carbocycles. The van der Waals surface area contributed by atoms with Crippen molar-refractivity contribution in [3.8, 4) is 5.75 Å². The molecule has 3 nitrogen and oxygen atoms in total. The van der Waals surface area contributed by atoms with Gasteiger partial charge >= 0.3 is 0 Å². The van der Waals surface area contributed by atoms with Crippen LogP contribution in [0, 0.1) is 12.3 Å². The largest absolute Gasteiger partial charge is 0.496 e. The molecule has 19 heavy (non-hydrogen) atoms. The minimum Gasteiger partial charge on any atom is -0.496 e. The highest BCUT2D eigenvalue weighted by Crippen LogP contribution is 2.45. The van der Waals surface area contributed by atoms with Crippen molar-refractivity contribution in [2.45, 2.75) is 45.1 Å². The Morgan fingerprint density at radius 1 is 1.32 bits per heavy atom. The van der Waals surface area contributed by atoms with Gasteiger partial charge in [-0.1, -0.05) is 25.3 Å². The predicted octanol–water partition coefficient (Wildman–Crippen LogP) is 2.95. The Morgan fingerprint density at radius 3 is 2.53 bits per heavy atom. The van der Waals surface area contributed by atoms with Gasteiger partial charge in [-0.15, -0.1) is 0 Å². The van der Waals surface area contributed by atoms with Gasteiger partial charge in [0.15, 0.2) is 0 Å². The summed E-state index contributed by atoms with van der Waals surface area (Å²) in [6, 6.07) is 5.92. The standard InChI is InChI=1S/C16H25NO2/c1-12-10-13(6-7-14(12)19-2)15(18)16(11-17)8-4-3-5-9-16/h6-7,10,15,18H,3-5,8-9,11,17H2,1-2H3. The predicted molar refractivity (Wildman–Crippen MR) is 77.3 cm³/mol. The molecule has 0 aromatic heterocycles. The highest BCUT2D eigenvalue weighted by atomic mass is 16.5. The molecule has 0 saturated heterocycles. The second-order valence-electron chi connectivity index (χ2n) is 5.76. The molecular weight excluding hydrogens is 238 g/mol. The Labute approximate surface area is 115 Å². The van der Waals surface area contributed by atoms with Crippen molar-refractivity contribution in [3.05, 3.63) is 29.3 Å². The molecule has 0 aliphatic heterocycles. The number of hydrogen-bond acceptors (Lipinski definition) is 3. The number of aliphatic hydroxyl groups excluding tert-OH is 1. The second-order valence-corrected chi connectivity index (χ2v) is 5.76. The van der Waals surface area contributed by atoms with Crippen LogP contribution < -0.4 is 10.5 Å². The van der Waals surface area contributed by atoms with E-state index in [2.05, 4.69) is 0 Å². The van der Waals surface area contributed by atoms with Gasteiger partial charge < -0.3 is 15.6 Å². The molecule has 0 bridgehead atoms. The molecule has 0 spiro atoms. The molecule has 3 heteroatoms. The van der Waals surface area contributed by atoms with E-state index >= 15 is 0 Å². The van der Waals surface area contributed by atoms with Gasteiger partial charge in [-0.2, -0.15) is 0 Å². The number of rotatable bonds is 4. The molecule has 1 fully saturated rings. The van der Waals surface area contributed by atoms with Gasteiger partial charge in [0.25, 0.3) is 0 Å². The lowest BCUT2D eigenvalue weighted by Gasteiger charge is -2.40. The first kappa shape index (κ1) is 14.4. The van der Waals surface area contributed by atoms with E-state index in [1.807, 2.05) is 25.1 Å². The third kappa shape index (κ3) is 2.77. The van der Waals surface area contributed by atoms with Crippen molar-refractivity contribution in [2.75, 3.05) is 13.7 Å². The summed E-state index contributed by atoms with van der Waals surface area (Å²) in [6.07, 6.45) is 5.18. The maximum Gasteiger partial charge on any atom is 0.121 e. The van der Waals surface area contributed by atoms with E-state index in [1.165, 1.54) is 19.3 Å². The van der Waals surface area contributed by atoms with Crippen LogP contribution in [0.3, 0.4) is 0 Å². The summed E-state index contributed by atoms with van der Waals surface area (Å²) in [4.78, 5) is 0. The van der Waals surface area contributed by atoms with E-state index in [9.17, 15) is 5.11 Å². The highest BCUT2D eigenvalue weighted by molar-refractivity contribution is 5.37. The zero-order valence-electron chi connectivity index (χ0n) is 12.0. The summed E-state index contributed by atoms with van der Waals surface area (Å²) < 4.78 is 5.27. The van der Waals surface area contributed by atoms with E-state index in [1.54, 1.807) is 7.11 Å². The smallest absolute Gasteiger partial charge is 0.121 e. The Bertz CT molecular complexity index is 425. The second kappa shape index (κ2) is 5.93. The lowest BCUT2D eigenvalue weighted by Crippen LogP contribution is -2.38. The van der Waals surface area contributed by atoms with Crippen LogP contribution in [-0.4, -0.2) is 18.8 Å². The number of nitrogens with two attached hydrogens (primary N) is 1. The summed E-state index contributed by atoms with van der Waals surface area (Å²) >= 11 is 0. The van der Waals surface area contributed by atoms with Crippen molar-refractivity contribution in [1.29, 1.82) is 0 Å². The lowest BCUT2D eigenvalue weighted by molar-refractivity contribution is 0.000640. The van der Waals surface area contributed by atoms with Crippen molar-refractivity contribution in [3.63, 3.8) is 0 Å². The van der Waals surface area contributed by atoms with Crippen LogP contribution in [0.5, 0.6) is 5.75 Å². The van der Waals surface area contributed by atoms with Crippen LogP contribution >= 0.6 is 0 Å². The average Bonchev–Trinajstić information content (AvgIpc) is 2.47. The highest BCUT2D eigenvalue weighted by Gasteiger charge is 2.38. The monoisotopic (exact) mass is 263 g/mol. The first-order chi connectivity index (χ1) is 9.13. The van der Waals surface area contributed by atoms with Gasteiger partial charge in [0.05, 0.1) is 13.2 Å². The summed E-state index contributed by atoms with van der Waals surface area (Å²) in [5.74, 6) is 0.862. The molecule has 3 N–H and O–H groups in total. The fraction of sp³-hybridized carbons (Fsp3) is 0.625. The quantitative estimate of drug-likeness (QED) is 0.878. The first-order valence-corrected chi connectivity index (χ1v) is 7.15. The molecule has 1 aliphatic rings. The average molecular weight is 263 g/mol. The van der Waals surface area contributed by atoms with Crippen molar-refractivity contribution >= 4 is 0 Å². The SMILES string of the molecule is COc1ccc(C(O)C2(CN)CCCCC2)cc1C. The van der Waals surface area contributed by atoms with Crippen LogP contribution in [0.4, 0.5) is 0 Å². The number of benzene rings is 1. The van der Waals surface area contributed by atoms with E-state index in [0.29, 0.717) is 6.54 Å². The third-order valence-corrected chi connectivity index (χ3v) is 4.57. The molecule has 106 valence electrons. The van der Waals surface area contributed by atoms with Gasteiger partial charge in [0.1, 0.15) is 5.75 Å². The molecule has 1 aromatic rings. The van der Waals surface area contributed by atoms with Crippen molar-refractivity contribution < 1.29 is 9.84 Å². The number of aryl methyl sites for hydroxylation is 1. The molecule has 2 rings (SSSR count). The summed E-state index contributed by atoms with van der Waals surface area (Å²) in [5.41, 5.74) is 7.87. The van der Waals surface area contributed by atoms with Crippen LogP contribution in [0.2, 0.25) is 0 Å². The van der Waals surface area contributed by atoms with Gasteiger partial charge in [-0.25, -0.2) is 0 Å². The summed E-state index contributed by atoms with van der Waals surface area (Å²) in [6.45, 7) is 2.56. The number of ether oxygens (including phenoxy) is 1. The molecule has 0 amide bonds. The molecular formula is C16H25NO2. The molecule has 0 heterocycles. The third-order valence-electron chi connectivity index (χ3n) is 4.57. The summed E-state index contributed by atoms with van der Waals surface area (Å²) in [7, 11) is 1.67. The molecule has 0 radical (unpaired) electrons. The minimum atomic E-state index is -0.470. The Balaban J connectivity index is 2.26. The Hall–Kier alpha value is -1.06. The molecule has 1 aromatic carbocycles. The minimum absolute atomic E-state index is 0.140. The van der Waals surface area contributed by atoms with Crippen LogP contribution in [0.15, 0.2) is 18.2 Å². The first-order valence-electron chi connectivity index (χ1n) is 7.15. The van der Waals surface area contributed by atoms with Gasteiger partial charge in [0.2, 0.25) is 0 Å². The lowest BCUT2D eigenvalue weighted by atomic mass is 9.68. The van der Waals surface area contributed by atoms with Crippen LogP contribution in [0.25, 0.3) is 0 Å². The topological polar surface area (TPSA) is 55.5 Å². The number of methoxy groups -OCH3 is 1. The summed E-state index contributed by atoms with van der Waals surface area (Å²) in [5, 5.41) is 10.8. The zero-order chi connectivity index (χ0) is 13.9. The van der Waals surface area contributed by atoms with Crippen molar-refractivity contribution in [2.24, 2.45) is 11.1 Å². The van der Waals surface area contributed by atoms with E-state index in [4.69, 9.17) is 10.5 Å². The number of hydrogen-bond donors (Lipinski definition) is 2. The van der Waals surface area contributed by atoms with Crippen LogP contribution in [-0.2, 0) is 0 Å². The normalized spacial score (nSPS) is 20.0. The van der Waals surface area contributed by atoms with Crippen LogP contribution in [0.1, 0.15) is 49.3 Å². The maximum atomic E-state index is 10.8. The molecule has 1 atom stereocenters. The Morgan fingerprint density at radius 2 is 2.00 bits per heavy atom. The zero-order valence-corrected chi connectivity index (χ0v) is 12.0. The fourth-order valence-electron chi connectivity index (χ4n) is 3.27. The Kier molecular flexibility index (Phi) is 4.48. The fourth-order valence-corrected chi connectivity index (χ4v) is 3.27. The maximum absolute atomic E-state index is 10.8. The molecule has 1 aliphatic carbocycles. The van der Waals surface area contributed by atoms with Crippen molar-refractivity contribution in [1.82, 2.24) is 0 Å². The molecule has 1 unspecified atom stereocenters. The van der Waals surface area contributed by atoms with Gasteiger partial charge in [-0.3, -0.25) is 0 Å². The van der Waals surface area contributed by atoms with E-state index in [0.717, 1.165) is 29.7 Å². The van der Waals surface area contributed by atoms with E-state index in [-0.39, 0.29) is 5.41 Å². The van der Waals surface area contributed by atoms with Gasteiger partial charge in [-0.05, 0) is 43.0 Å². The van der Waals surface area contributed by atoms with E-state index < -0.39 is 6.10 Å².